The molecule has 0 saturated carbocycles. The van der Waals surface area contributed by atoms with Crippen LogP contribution in [0.3, 0.4) is 0 Å². The second-order valence-electron chi connectivity index (χ2n) is 4.07. The molecule has 1 aromatic heterocycles. The maximum absolute atomic E-state index is 5.76. The normalized spacial score (nSPS) is 12.9. The van der Waals surface area contributed by atoms with E-state index >= 15 is 0 Å². The molecule has 1 aromatic carbocycles. The molecule has 84 valence electrons. The van der Waals surface area contributed by atoms with Crippen molar-refractivity contribution in [3.63, 3.8) is 0 Å². The van der Waals surface area contributed by atoms with Gasteiger partial charge in [-0.1, -0.05) is 23.8 Å². The molecular formula is C14H16O2. The van der Waals surface area contributed by atoms with Crippen LogP contribution in [0.2, 0.25) is 0 Å². The highest BCUT2D eigenvalue weighted by Gasteiger charge is 2.15. The van der Waals surface area contributed by atoms with Gasteiger partial charge in [0.15, 0.2) is 0 Å². The van der Waals surface area contributed by atoms with Crippen molar-refractivity contribution in [1.29, 1.82) is 0 Å². The summed E-state index contributed by atoms with van der Waals surface area (Å²) in [7, 11) is 1.70. The molecule has 0 radical (unpaired) electrons. The smallest absolute Gasteiger partial charge is 0.134 e. The maximum atomic E-state index is 5.76. The molecule has 0 fully saturated rings. The predicted octanol–water partition coefficient (Wildman–Crippen LogP) is 4.09. The minimum Gasteiger partial charge on any atom is -0.458 e. The Bertz CT molecular complexity index is 463. The third-order valence-electron chi connectivity index (χ3n) is 2.58. The Morgan fingerprint density at radius 2 is 2.19 bits per heavy atom. The number of fused-ring (bicyclic) bond motifs is 1. The number of hydrogen-bond donors (Lipinski definition) is 0. The fourth-order valence-electron chi connectivity index (χ4n) is 1.78. The zero-order chi connectivity index (χ0) is 11.5. The van der Waals surface area contributed by atoms with Gasteiger partial charge >= 0.3 is 0 Å². The molecule has 1 atom stereocenters. The van der Waals surface area contributed by atoms with Gasteiger partial charge in [-0.3, -0.25) is 0 Å². The number of furan rings is 1. The summed E-state index contributed by atoms with van der Waals surface area (Å²) >= 11 is 0. The molecule has 2 rings (SSSR count). The van der Waals surface area contributed by atoms with Gasteiger partial charge in [0.25, 0.3) is 0 Å². The van der Waals surface area contributed by atoms with E-state index in [1.54, 1.807) is 7.11 Å². The minimum absolute atomic E-state index is 0.0371. The first kappa shape index (κ1) is 11.0. The van der Waals surface area contributed by atoms with E-state index < -0.39 is 0 Å². The van der Waals surface area contributed by atoms with Crippen molar-refractivity contribution in [1.82, 2.24) is 0 Å². The monoisotopic (exact) mass is 216 g/mol. The molecule has 1 heterocycles. The van der Waals surface area contributed by atoms with Crippen LogP contribution >= 0.6 is 0 Å². The number of para-hydroxylation sites is 1. The highest BCUT2D eigenvalue weighted by molar-refractivity contribution is 5.77. The van der Waals surface area contributed by atoms with Crippen molar-refractivity contribution < 1.29 is 9.15 Å². The van der Waals surface area contributed by atoms with Gasteiger partial charge in [-0.2, -0.15) is 0 Å². The van der Waals surface area contributed by atoms with Crippen molar-refractivity contribution in [2.75, 3.05) is 7.11 Å². The molecule has 0 saturated heterocycles. The first-order valence-corrected chi connectivity index (χ1v) is 5.36. The predicted molar refractivity (Wildman–Crippen MR) is 65.4 cm³/mol. The van der Waals surface area contributed by atoms with Crippen molar-refractivity contribution in [3.8, 4) is 0 Å². The zero-order valence-corrected chi connectivity index (χ0v) is 9.69. The molecule has 0 N–H and O–H groups in total. The Morgan fingerprint density at radius 1 is 1.44 bits per heavy atom. The van der Waals surface area contributed by atoms with Crippen LogP contribution in [0.4, 0.5) is 0 Å². The van der Waals surface area contributed by atoms with Crippen LogP contribution in [0.1, 0.15) is 25.2 Å². The molecule has 0 spiro atoms. The summed E-state index contributed by atoms with van der Waals surface area (Å²) in [6, 6.07) is 10.0. The van der Waals surface area contributed by atoms with Crippen molar-refractivity contribution in [2.45, 2.75) is 19.4 Å². The summed E-state index contributed by atoms with van der Waals surface area (Å²) in [6.07, 6.45) is 0.751. The van der Waals surface area contributed by atoms with Crippen molar-refractivity contribution >= 4 is 11.0 Å². The van der Waals surface area contributed by atoms with Gasteiger partial charge in [-0.15, -0.1) is 6.58 Å². The highest BCUT2D eigenvalue weighted by atomic mass is 16.5. The van der Waals surface area contributed by atoms with Gasteiger partial charge in [-0.05, 0) is 19.1 Å². The first-order valence-electron chi connectivity index (χ1n) is 5.36. The number of rotatable bonds is 4. The lowest BCUT2D eigenvalue weighted by Gasteiger charge is -2.11. The summed E-state index contributed by atoms with van der Waals surface area (Å²) in [5.41, 5.74) is 1.99. The van der Waals surface area contributed by atoms with Gasteiger partial charge in [0.2, 0.25) is 0 Å². The van der Waals surface area contributed by atoms with Crippen LogP contribution in [0.25, 0.3) is 11.0 Å². The van der Waals surface area contributed by atoms with Crippen LogP contribution in [0, 0.1) is 0 Å². The summed E-state index contributed by atoms with van der Waals surface area (Å²) in [5.74, 6) is 0.867. The quantitative estimate of drug-likeness (QED) is 0.718. The molecule has 1 unspecified atom stereocenters. The largest absolute Gasteiger partial charge is 0.458 e. The zero-order valence-electron chi connectivity index (χ0n) is 9.69. The lowest BCUT2D eigenvalue weighted by molar-refractivity contribution is 0.0858. The number of benzene rings is 1. The Kier molecular flexibility index (Phi) is 3.11. The highest BCUT2D eigenvalue weighted by Crippen LogP contribution is 2.29. The molecule has 2 heteroatoms. The summed E-state index contributed by atoms with van der Waals surface area (Å²) in [5, 5.41) is 1.11. The topological polar surface area (TPSA) is 22.4 Å². The lowest BCUT2D eigenvalue weighted by atomic mass is 10.1. The summed E-state index contributed by atoms with van der Waals surface area (Å²) in [4.78, 5) is 0. The van der Waals surface area contributed by atoms with E-state index in [2.05, 4.69) is 6.58 Å². The minimum atomic E-state index is -0.0371. The third kappa shape index (κ3) is 2.17. The number of hydrogen-bond acceptors (Lipinski definition) is 2. The van der Waals surface area contributed by atoms with E-state index in [9.17, 15) is 0 Å². The molecule has 0 amide bonds. The molecule has 0 aliphatic heterocycles. The van der Waals surface area contributed by atoms with Gasteiger partial charge in [-0.25, -0.2) is 0 Å². The fraction of sp³-hybridized carbons (Fsp3) is 0.286. The molecule has 2 aromatic rings. The maximum Gasteiger partial charge on any atom is 0.134 e. The lowest BCUT2D eigenvalue weighted by Crippen LogP contribution is -2.00. The standard InChI is InChI=1S/C14H16O2/c1-10(2)8-13(15-3)14-9-11-6-4-5-7-12(11)16-14/h4-7,9,13H,1,8H2,2-3H3. The van der Waals surface area contributed by atoms with Gasteiger partial charge in [0.05, 0.1) is 0 Å². The SMILES string of the molecule is C=C(C)CC(OC)c1cc2ccccc2o1. The Labute approximate surface area is 95.5 Å². The fourth-order valence-corrected chi connectivity index (χ4v) is 1.78. The van der Waals surface area contributed by atoms with Crippen LogP contribution < -0.4 is 0 Å². The van der Waals surface area contributed by atoms with E-state index in [0.29, 0.717) is 0 Å². The van der Waals surface area contributed by atoms with Crippen molar-refractivity contribution in [2.24, 2.45) is 0 Å². The molecule has 0 bridgehead atoms. The number of methoxy groups -OCH3 is 1. The second-order valence-corrected chi connectivity index (χ2v) is 4.07. The van der Waals surface area contributed by atoms with E-state index in [1.807, 2.05) is 37.3 Å². The van der Waals surface area contributed by atoms with Gasteiger partial charge in [0, 0.05) is 18.9 Å². The van der Waals surface area contributed by atoms with E-state index in [4.69, 9.17) is 9.15 Å². The van der Waals surface area contributed by atoms with E-state index in [0.717, 1.165) is 28.7 Å². The average molecular weight is 216 g/mol. The van der Waals surface area contributed by atoms with E-state index in [1.165, 1.54) is 0 Å². The number of ether oxygens (including phenoxy) is 1. The molecular weight excluding hydrogens is 200 g/mol. The first-order chi connectivity index (χ1) is 7.70. The van der Waals surface area contributed by atoms with Gasteiger partial charge < -0.3 is 9.15 Å². The Hall–Kier alpha value is -1.54. The van der Waals surface area contributed by atoms with E-state index in [-0.39, 0.29) is 6.10 Å². The van der Waals surface area contributed by atoms with Crippen LogP contribution in [-0.4, -0.2) is 7.11 Å². The molecule has 0 aliphatic rings. The van der Waals surface area contributed by atoms with Crippen LogP contribution in [0.5, 0.6) is 0 Å². The summed E-state index contributed by atoms with van der Waals surface area (Å²) < 4.78 is 11.2. The summed E-state index contributed by atoms with van der Waals surface area (Å²) in [6.45, 7) is 5.90. The molecule has 0 aliphatic carbocycles. The van der Waals surface area contributed by atoms with Crippen LogP contribution in [0.15, 0.2) is 46.9 Å². The second kappa shape index (κ2) is 4.54. The molecule has 2 nitrogen and oxygen atoms in total. The Morgan fingerprint density at radius 3 is 2.81 bits per heavy atom. The van der Waals surface area contributed by atoms with Crippen LogP contribution in [-0.2, 0) is 4.74 Å². The third-order valence-corrected chi connectivity index (χ3v) is 2.58. The van der Waals surface area contributed by atoms with Crippen molar-refractivity contribution in [3.05, 3.63) is 48.2 Å². The average Bonchev–Trinajstić information content (AvgIpc) is 2.68. The Balaban J connectivity index is 2.34. The molecule has 16 heavy (non-hydrogen) atoms. The van der Waals surface area contributed by atoms with Gasteiger partial charge in [0.1, 0.15) is 17.4 Å².